The van der Waals surface area contributed by atoms with Crippen molar-refractivity contribution in [2.24, 2.45) is 11.8 Å². The highest BCUT2D eigenvalue weighted by Crippen LogP contribution is 2.35. The Morgan fingerprint density at radius 3 is 2.44 bits per heavy atom. The van der Waals surface area contributed by atoms with Crippen LogP contribution in [0.5, 0.6) is 0 Å². The van der Waals surface area contributed by atoms with Crippen molar-refractivity contribution in [1.82, 2.24) is 5.43 Å². The first-order valence-corrected chi connectivity index (χ1v) is 7.01. The van der Waals surface area contributed by atoms with Crippen molar-refractivity contribution in [3.63, 3.8) is 0 Å². The van der Waals surface area contributed by atoms with Gasteiger partial charge in [0.2, 0.25) is 0 Å². The third kappa shape index (κ3) is 3.22. The molecule has 0 amide bonds. The Kier molecular flexibility index (Phi) is 4.98. The Balaban J connectivity index is 2.20. The van der Waals surface area contributed by atoms with E-state index < -0.39 is 0 Å². The maximum Gasteiger partial charge on any atom is 0.124 e. The molecule has 1 atom stereocenters. The molecule has 1 aliphatic carbocycles. The molecule has 0 heterocycles. The molecule has 1 aromatic rings. The number of benzene rings is 1. The second kappa shape index (κ2) is 6.50. The zero-order valence-corrected chi connectivity index (χ0v) is 11.2. The molecule has 0 spiro atoms. The second-order valence-corrected chi connectivity index (χ2v) is 5.47. The highest BCUT2D eigenvalue weighted by Gasteiger charge is 2.25. The van der Waals surface area contributed by atoms with Gasteiger partial charge in [-0.2, -0.15) is 0 Å². The third-order valence-electron chi connectivity index (χ3n) is 3.85. The first-order chi connectivity index (χ1) is 8.72. The summed E-state index contributed by atoms with van der Waals surface area (Å²) in [6.45, 7) is 0. The number of hydrazine groups is 1. The van der Waals surface area contributed by atoms with Gasteiger partial charge in [0.15, 0.2) is 0 Å². The topological polar surface area (TPSA) is 38.0 Å². The van der Waals surface area contributed by atoms with Crippen molar-refractivity contribution < 1.29 is 4.39 Å². The van der Waals surface area contributed by atoms with Crippen LogP contribution >= 0.6 is 11.6 Å². The molecule has 0 bridgehead atoms. The minimum Gasteiger partial charge on any atom is -0.271 e. The van der Waals surface area contributed by atoms with E-state index in [0.29, 0.717) is 10.9 Å². The molecule has 1 fully saturated rings. The molecule has 1 unspecified atom stereocenters. The third-order valence-corrected chi connectivity index (χ3v) is 4.18. The summed E-state index contributed by atoms with van der Waals surface area (Å²) in [5.41, 5.74) is 3.78. The Morgan fingerprint density at radius 2 is 1.89 bits per heavy atom. The molecule has 0 saturated heterocycles. The van der Waals surface area contributed by atoms with Crippen LogP contribution in [0.3, 0.4) is 0 Å². The van der Waals surface area contributed by atoms with Crippen LogP contribution in [0, 0.1) is 11.7 Å². The van der Waals surface area contributed by atoms with Gasteiger partial charge in [0.05, 0.1) is 6.04 Å². The van der Waals surface area contributed by atoms with Crippen LogP contribution in [0.1, 0.15) is 50.1 Å². The quantitative estimate of drug-likeness (QED) is 0.496. The molecule has 4 heteroatoms. The van der Waals surface area contributed by atoms with Gasteiger partial charge in [-0.3, -0.25) is 11.3 Å². The summed E-state index contributed by atoms with van der Waals surface area (Å²) in [5, 5.41) is 0.460. The first-order valence-electron chi connectivity index (χ1n) is 6.63. The van der Waals surface area contributed by atoms with Crippen LogP contribution < -0.4 is 11.3 Å². The molecule has 2 rings (SSSR count). The van der Waals surface area contributed by atoms with E-state index in [-0.39, 0.29) is 11.9 Å². The van der Waals surface area contributed by atoms with Gasteiger partial charge in [0, 0.05) is 5.02 Å². The van der Waals surface area contributed by atoms with E-state index in [2.05, 4.69) is 5.43 Å². The number of rotatable bonds is 3. The molecule has 1 saturated carbocycles. The average molecular weight is 271 g/mol. The average Bonchev–Trinajstić information content (AvgIpc) is 2.62. The van der Waals surface area contributed by atoms with Crippen LogP contribution in [-0.2, 0) is 0 Å². The normalized spacial score (nSPS) is 19.5. The fourth-order valence-corrected chi connectivity index (χ4v) is 3.16. The highest BCUT2D eigenvalue weighted by atomic mass is 35.5. The molecule has 0 aromatic heterocycles. The Bertz CT molecular complexity index is 389. The van der Waals surface area contributed by atoms with E-state index in [1.54, 1.807) is 6.07 Å². The molecule has 3 N–H and O–H groups in total. The first kappa shape index (κ1) is 13.8. The van der Waals surface area contributed by atoms with Crippen LogP contribution in [0.25, 0.3) is 0 Å². The lowest BCUT2D eigenvalue weighted by atomic mass is 9.87. The standard InChI is InChI=1S/C14H20ClFN2/c15-13-9-11(16)7-8-12(13)14(18-17)10-5-3-1-2-4-6-10/h7-10,14,18H,1-6,17H2. The van der Waals surface area contributed by atoms with Crippen molar-refractivity contribution in [2.45, 2.75) is 44.6 Å². The summed E-state index contributed by atoms with van der Waals surface area (Å²) in [6.07, 6.45) is 7.38. The molecule has 18 heavy (non-hydrogen) atoms. The number of nitrogens with one attached hydrogen (secondary N) is 1. The Morgan fingerprint density at radius 1 is 1.22 bits per heavy atom. The van der Waals surface area contributed by atoms with Crippen LogP contribution in [0.2, 0.25) is 5.02 Å². The minimum atomic E-state index is -0.305. The smallest absolute Gasteiger partial charge is 0.124 e. The maximum atomic E-state index is 13.1. The molecule has 0 aliphatic heterocycles. The molecule has 0 radical (unpaired) electrons. The lowest BCUT2D eigenvalue weighted by Crippen LogP contribution is -2.33. The van der Waals surface area contributed by atoms with Crippen LogP contribution in [0.4, 0.5) is 4.39 Å². The summed E-state index contributed by atoms with van der Waals surface area (Å²) in [5.74, 6) is 5.87. The monoisotopic (exact) mass is 270 g/mol. The summed E-state index contributed by atoms with van der Waals surface area (Å²) >= 11 is 6.13. The van der Waals surface area contributed by atoms with Gasteiger partial charge in [-0.15, -0.1) is 0 Å². The van der Waals surface area contributed by atoms with E-state index >= 15 is 0 Å². The van der Waals surface area contributed by atoms with Gasteiger partial charge >= 0.3 is 0 Å². The summed E-state index contributed by atoms with van der Waals surface area (Å²) in [6, 6.07) is 4.57. The van der Waals surface area contributed by atoms with E-state index in [4.69, 9.17) is 17.4 Å². The predicted molar refractivity (Wildman–Crippen MR) is 72.7 cm³/mol. The SMILES string of the molecule is NNC(c1ccc(F)cc1Cl)C1CCCCCC1. The van der Waals surface area contributed by atoms with E-state index in [9.17, 15) is 4.39 Å². The summed E-state index contributed by atoms with van der Waals surface area (Å²) in [7, 11) is 0. The molecule has 100 valence electrons. The molecule has 1 aliphatic rings. The number of halogens is 2. The van der Waals surface area contributed by atoms with Gasteiger partial charge < -0.3 is 0 Å². The summed E-state index contributed by atoms with van der Waals surface area (Å²) in [4.78, 5) is 0. The van der Waals surface area contributed by atoms with Crippen molar-refractivity contribution in [2.75, 3.05) is 0 Å². The molecular weight excluding hydrogens is 251 g/mol. The van der Waals surface area contributed by atoms with E-state index in [0.717, 1.165) is 18.4 Å². The van der Waals surface area contributed by atoms with Crippen molar-refractivity contribution >= 4 is 11.6 Å². The van der Waals surface area contributed by atoms with Gasteiger partial charge in [0.25, 0.3) is 0 Å². The fourth-order valence-electron chi connectivity index (χ4n) is 2.88. The van der Waals surface area contributed by atoms with Gasteiger partial charge in [-0.25, -0.2) is 4.39 Å². The van der Waals surface area contributed by atoms with Gasteiger partial charge in [-0.1, -0.05) is 43.4 Å². The van der Waals surface area contributed by atoms with Crippen molar-refractivity contribution in [1.29, 1.82) is 0 Å². The van der Waals surface area contributed by atoms with Gasteiger partial charge in [-0.05, 0) is 36.5 Å². The molecular formula is C14H20ClFN2. The minimum absolute atomic E-state index is 0.0243. The number of nitrogens with two attached hydrogens (primary N) is 1. The lowest BCUT2D eigenvalue weighted by molar-refractivity contribution is 0.329. The lowest BCUT2D eigenvalue weighted by Gasteiger charge is -2.26. The maximum absolute atomic E-state index is 13.1. The Labute approximate surface area is 113 Å². The molecule has 1 aromatic carbocycles. The van der Waals surface area contributed by atoms with Gasteiger partial charge in [0.1, 0.15) is 5.82 Å². The van der Waals surface area contributed by atoms with E-state index in [1.807, 2.05) is 0 Å². The molecule has 2 nitrogen and oxygen atoms in total. The highest BCUT2D eigenvalue weighted by molar-refractivity contribution is 6.31. The summed E-state index contributed by atoms with van der Waals surface area (Å²) < 4.78 is 13.1. The predicted octanol–water partition coefficient (Wildman–Crippen LogP) is 3.95. The zero-order chi connectivity index (χ0) is 13.0. The van der Waals surface area contributed by atoms with Crippen molar-refractivity contribution in [3.8, 4) is 0 Å². The number of hydrogen-bond acceptors (Lipinski definition) is 2. The van der Waals surface area contributed by atoms with E-state index in [1.165, 1.54) is 37.8 Å². The fraction of sp³-hybridized carbons (Fsp3) is 0.571. The number of hydrogen-bond donors (Lipinski definition) is 2. The second-order valence-electron chi connectivity index (χ2n) is 5.06. The van der Waals surface area contributed by atoms with Crippen molar-refractivity contribution in [3.05, 3.63) is 34.6 Å². The van der Waals surface area contributed by atoms with Crippen LogP contribution in [-0.4, -0.2) is 0 Å². The largest absolute Gasteiger partial charge is 0.271 e. The zero-order valence-electron chi connectivity index (χ0n) is 10.5. The Hall–Kier alpha value is -0.640. The van der Waals surface area contributed by atoms with Crippen LogP contribution in [0.15, 0.2) is 18.2 Å².